The third-order valence-corrected chi connectivity index (χ3v) is 4.31. The Hall–Kier alpha value is -1.14. The number of aryl methyl sites for hydroxylation is 2. The van der Waals surface area contributed by atoms with Gasteiger partial charge < -0.3 is 11.1 Å². The highest BCUT2D eigenvalue weighted by Crippen LogP contribution is 2.19. The number of likely N-dealkylation sites (N-methyl/N-ethyl adjacent to an activating group) is 1. The summed E-state index contributed by atoms with van der Waals surface area (Å²) in [7, 11) is 0. The van der Waals surface area contributed by atoms with Crippen LogP contribution in [-0.2, 0) is 4.79 Å². The van der Waals surface area contributed by atoms with Crippen molar-refractivity contribution >= 4 is 17.7 Å². The highest BCUT2D eigenvalue weighted by Gasteiger charge is 2.28. The molecule has 3 N–H and O–H groups in total. The van der Waals surface area contributed by atoms with Gasteiger partial charge in [0.25, 0.3) is 0 Å². The number of primary amides is 1. The van der Waals surface area contributed by atoms with E-state index in [4.69, 9.17) is 5.73 Å². The Kier molecular flexibility index (Phi) is 7.11. The quantitative estimate of drug-likeness (QED) is 0.415. The van der Waals surface area contributed by atoms with Gasteiger partial charge in [-0.2, -0.15) is 0 Å². The van der Waals surface area contributed by atoms with Crippen molar-refractivity contribution in [2.24, 2.45) is 5.73 Å². The smallest absolute Gasteiger partial charge is 0.237 e. The second-order valence-electron chi connectivity index (χ2n) is 5.47. The Morgan fingerprint density at radius 2 is 1.95 bits per heavy atom. The molecule has 1 heterocycles. The van der Waals surface area contributed by atoms with E-state index in [1.54, 1.807) is 11.8 Å². The van der Waals surface area contributed by atoms with Crippen LogP contribution >= 0.6 is 11.8 Å². The van der Waals surface area contributed by atoms with Crippen LogP contribution in [0.2, 0.25) is 0 Å². The number of hydrogen-bond donors (Lipinski definition) is 2. The molecule has 0 spiro atoms. The Morgan fingerprint density at radius 3 is 2.48 bits per heavy atom. The number of rotatable bonds is 9. The molecule has 1 aromatic rings. The van der Waals surface area contributed by atoms with Gasteiger partial charge in [-0.25, -0.2) is 9.97 Å². The van der Waals surface area contributed by atoms with Crippen molar-refractivity contribution in [1.29, 1.82) is 0 Å². The summed E-state index contributed by atoms with van der Waals surface area (Å²) < 4.78 is 0. The van der Waals surface area contributed by atoms with E-state index in [0.29, 0.717) is 0 Å². The molecule has 1 atom stereocenters. The maximum Gasteiger partial charge on any atom is 0.237 e. The number of thioether (sulfide) groups is 1. The summed E-state index contributed by atoms with van der Waals surface area (Å²) in [6.07, 6.45) is 2.71. The van der Waals surface area contributed by atoms with Crippen LogP contribution in [0.5, 0.6) is 0 Å². The highest BCUT2D eigenvalue weighted by molar-refractivity contribution is 7.99. The fourth-order valence-electron chi connectivity index (χ4n) is 2.19. The zero-order chi connectivity index (χ0) is 15.9. The van der Waals surface area contributed by atoms with Crippen LogP contribution in [0.15, 0.2) is 11.2 Å². The molecule has 1 unspecified atom stereocenters. The maximum atomic E-state index is 11.5. The summed E-state index contributed by atoms with van der Waals surface area (Å²) in [5.41, 5.74) is 6.87. The molecule has 21 heavy (non-hydrogen) atoms. The molecular formula is C15H26N4OS. The zero-order valence-electron chi connectivity index (χ0n) is 13.4. The van der Waals surface area contributed by atoms with Crippen molar-refractivity contribution in [3.05, 3.63) is 17.5 Å². The molecule has 6 heteroatoms. The number of nitrogens with two attached hydrogens (primary N) is 1. The van der Waals surface area contributed by atoms with Crippen molar-refractivity contribution in [3.8, 4) is 0 Å². The molecule has 1 rings (SSSR count). The van der Waals surface area contributed by atoms with Crippen LogP contribution in [0.25, 0.3) is 0 Å². The molecule has 0 radical (unpaired) electrons. The van der Waals surface area contributed by atoms with Crippen LogP contribution in [-0.4, -0.2) is 33.7 Å². The third-order valence-electron chi connectivity index (χ3n) is 3.37. The Balaban J connectivity index is 2.35. The maximum absolute atomic E-state index is 11.5. The first-order valence-electron chi connectivity index (χ1n) is 7.37. The van der Waals surface area contributed by atoms with E-state index >= 15 is 0 Å². The van der Waals surface area contributed by atoms with E-state index in [2.05, 4.69) is 15.3 Å². The third kappa shape index (κ3) is 6.01. The molecule has 0 bridgehead atoms. The summed E-state index contributed by atoms with van der Waals surface area (Å²) in [5.74, 6) is 0.666. The summed E-state index contributed by atoms with van der Waals surface area (Å²) in [6, 6.07) is 1.97. The monoisotopic (exact) mass is 310 g/mol. The van der Waals surface area contributed by atoms with Gasteiger partial charge in [0.2, 0.25) is 5.91 Å². The predicted molar refractivity (Wildman–Crippen MR) is 87.4 cm³/mol. The fraction of sp³-hybridized carbons (Fsp3) is 0.667. The zero-order valence-corrected chi connectivity index (χ0v) is 14.2. The number of carbonyl (C=O) groups excluding carboxylic acids is 1. The topological polar surface area (TPSA) is 80.9 Å². The largest absolute Gasteiger partial charge is 0.368 e. The minimum atomic E-state index is -0.601. The van der Waals surface area contributed by atoms with E-state index in [9.17, 15) is 4.79 Å². The molecule has 118 valence electrons. The molecule has 1 aromatic heterocycles. The Labute approximate surface area is 131 Å². The normalized spacial score (nSPS) is 13.9. The molecule has 1 amide bonds. The van der Waals surface area contributed by atoms with Gasteiger partial charge in [-0.05, 0) is 46.2 Å². The average molecular weight is 310 g/mol. The van der Waals surface area contributed by atoms with Crippen LogP contribution in [0.1, 0.15) is 44.5 Å². The van der Waals surface area contributed by atoms with Gasteiger partial charge >= 0.3 is 0 Å². The van der Waals surface area contributed by atoms with Crippen LogP contribution in [0, 0.1) is 13.8 Å². The first-order chi connectivity index (χ1) is 9.87. The number of carbonyl (C=O) groups is 1. The lowest BCUT2D eigenvalue weighted by Crippen LogP contribution is -2.52. The summed E-state index contributed by atoms with van der Waals surface area (Å²) in [5, 5.41) is 4.01. The lowest BCUT2D eigenvalue weighted by atomic mass is 9.94. The van der Waals surface area contributed by atoms with Gasteiger partial charge in [0.05, 0.1) is 5.54 Å². The van der Waals surface area contributed by atoms with E-state index in [-0.39, 0.29) is 5.91 Å². The molecule has 0 aromatic carbocycles. The van der Waals surface area contributed by atoms with Crippen LogP contribution in [0.4, 0.5) is 0 Å². The minimum absolute atomic E-state index is 0.283. The first-order valence-corrected chi connectivity index (χ1v) is 8.36. The highest BCUT2D eigenvalue weighted by atomic mass is 32.2. The molecule has 5 nitrogen and oxygen atoms in total. The summed E-state index contributed by atoms with van der Waals surface area (Å²) in [4.78, 5) is 20.3. The summed E-state index contributed by atoms with van der Waals surface area (Å²) in [6.45, 7) is 8.55. The van der Waals surface area contributed by atoms with Crippen molar-refractivity contribution in [1.82, 2.24) is 15.3 Å². The van der Waals surface area contributed by atoms with Crippen molar-refractivity contribution in [2.75, 3.05) is 12.3 Å². The van der Waals surface area contributed by atoms with Gasteiger partial charge in [-0.1, -0.05) is 25.1 Å². The molecule has 0 aliphatic rings. The number of amides is 1. The van der Waals surface area contributed by atoms with Crippen molar-refractivity contribution < 1.29 is 4.79 Å². The SMILES string of the molecule is CCNC(C)(CCCCSc1nc(C)cc(C)n1)C(N)=O. The van der Waals surface area contributed by atoms with Crippen LogP contribution in [0.3, 0.4) is 0 Å². The number of aromatic nitrogens is 2. The fourth-order valence-corrected chi connectivity index (χ4v) is 3.14. The Bertz CT molecular complexity index is 460. The minimum Gasteiger partial charge on any atom is -0.368 e. The molecule has 0 aliphatic heterocycles. The van der Waals surface area contributed by atoms with Gasteiger partial charge in [0.1, 0.15) is 0 Å². The van der Waals surface area contributed by atoms with Gasteiger partial charge in [0, 0.05) is 17.1 Å². The van der Waals surface area contributed by atoms with E-state index in [1.165, 1.54) is 0 Å². The van der Waals surface area contributed by atoms with Crippen molar-refractivity contribution in [2.45, 2.75) is 57.7 Å². The van der Waals surface area contributed by atoms with Gasteiger partial charge in [0.15, 0.2) is 5.16 Å². The predicted octanol–water partition coefficient (Wildman–Crippen LogP) is 2.21. The molecular weight excluding hydrogens is 284 g/mol. The van der Waals surface area contributed by atoms with Gasteiger partial charge in [-0.15, -0.1) is 0 Å². The summed E-state index contributed by atoms with van der Waals surface area (Å²) >= 11 is 1.66. The van der Waals surface area contributed by atoms with Gasteiger partial charge in [-0.3, -0.25) is 4.79 Å². The second kappa shape index (κ2) is 8.34. The number of nitrogens with zero attached hydrogens (tertiary/aromatic N) is 2. The van der Waals surface area contributed by atoms with E-state index in [0.717, 1.165) is 48.1 Å². The molecule has 0 saturated carbocycles. The Morgan fingerprint density at radius 1 is 1.33 bits per heavy atom. The molecule has 0 saturated heterocycles. The lowest BCUT2D eigenvalue weighted by Gasteiger charge is -2.26. The van der Waals surface area contributed by atoms with E-state index < -0.39 is 5.54 Å². The standard InChI is InChI=1S/C15H26N4OS/c1-5-17-15(4,13(16)20)8-6-7-9-21-14-18-11(2)10-12(3)19-14/h10,17H,5-9H2,1-4H3,(H2,16,20). The molecule has 0 aliphatic carbocycles. The first kappa shape index (κ1) is 17.9. The van der Waals surface area contributed by atoms with Crippen molar-refractivity contribution in [3.63, 3.8) is 0 Å². The van der Waals surface area contributed by atoms with Crippen LogP contribution < -0.4 is 11.1 Å². The van der Waals surface area contributed by atoms with E-state index in [1.807, 2.05) is 33.8 Å². The number of hydrogen-bond acceptors (Lipinski definition) is 5. The molecule has 0 fully saturated rings. The average Bonchev–Trinajstić information content (AvgIpc) is 2.37. The second-order valence-corrected chi connectivity index (χ2v) is 6.53. The number of nitrogens with one attached hydrogen (secondary N) is 1. The lowest BCUT2D eigenvalue weighted by molar-refractivity contribution is -0.124. The number of unbranched alkanes of at least 4 members (excludes halogenated alkanes) is 1.